The van der Waals surface area contributed by atoms with Crippen LogP contribution in [0, 0.1) is 6.92 Å². The van der Waals surface area contributed by atoms with Crippen molar-refractivity contribution in [3.8, 4) is 11.3 Å². The highest BCUT2D eigenvalue weighted by molar-refractivity contribution is 9.10. The fraction of sp³-hybridized carbons (Fsp3) is 0.0714. The normalized spacial score (nSPS) is 11.5. The summed E-state index contributed by atoms with van der Waals surface area (Å²) in [5.41, 5.74) is 5.17. The largest absolute Gasteiger partial charge is 0.443 e. The quantitative estimate of drug-likeness (QED) is 0.535. The molecule has 0 radical (unpaired) electrons. The summed E-state index contributed by atoms with van der Waals surface area (Å²) in [5.74, 6) is 0. The first-order chi connectivity index (χ1) is 9.72. The topological polar surface area (TPSA) is 56.2 Å². The zero-order valence-electron chi connectivity index (χ0n) is 10.5. The minimum Gasteiger partial charge on any atom is -0.443 e. The Bertz CT molecular complexity index is 941. The maximum Gasteiger partial charge on any atom is 0.181 e. The van der Waals surface area contributed by atoms with Gasteiger partial charge in [-0.2, -0.15) is 5.10 Å². The fourth-order valence-electron chi connectivity index (χ4n) is 2.19. The van der Waals surface area contributed by atoms with Crippen LogP contribution in [0.15, 0.2) is 45.7 Å². The first-order valence-corrected chi connectivity index (χ1v) is 6.87. The van der Waals surface area contributed by atoms with E-state index in [1.165, 1.54) is 6.39 Å². The number of benzene rings is 1. The lowest BCUT2D eigenvalue weighted by molar-refractivity contribution is 0.602. The van der Waals surface area contributed by atoms with Crippen molar-refractivity contribution in [2.24, 2.45) is 0 Å². The third-order valence-electron chi connectivity index (χ3n) is 3.21. The van der Waals surface area contributed by atoms with Gasteiger partial charge in [-0.05, 0) is 47.1 Å². The molecule has 0 saturated carbocycles. The summed E-state index contributed by atoms with van der Waals surface area (Å²) in [4.78, 5) is 8.53. The smallest absolute Gasteiger partial charge is 0.181 e. The Labute approximate surface area is 122 Å². The standard InChI is InChI=1S/C14H9BrN4O/c1-8-14(15)19-13(17-8)5-4-10(18-19)9-2-3-11-12(6-9)20-7-16-11/h2-7H,1H3. The minimum absolute atomic E-state index is 0.755. The molecule has 4 aromatic rings. The van der Waals surface area contributed by atoms with E-state index < -0.39 is 0 Å². The van der Waals surface area contributed by atoms with Crippen LogP contribution >= 0.6 is 15.9 Å². The van der Waals surface area contributed by atoms with Crippen molar-refractivity contribution in [3.63, 3.8) is 0 Å². The molecule has 6 heteroatoms. The Balaban J connectivity index is 1.94. The number of imidazole rings is 1. The van der Waals surface area contributed by atoms with E-state index in [1.54, 1.807) is 4.52 Å². The zero-order chi connectivity index (χ0) is 13.7. The molecule has 0 fully saturated rings. The SMILES string of the molecule is Cc1nc2ccc(-c3ccc4ncoc4c3)nn2c1Br. The lowest BCUT2D eigenvalue weighted by Gasteiger charge is -2.02. The first kappa shape index (κ1) is 11.6. The molecule has 0 aliphatic heterocycles. The predicted octanol–water partition coefficient (Wildman–Crippen LogP) is 3.61. The monoisotopic (exact) mass is 328 g/mol. The average molecular weight is 329 g/mol. The van der Waals surface area contributed by atoms with Gasteiger partial charge in [0.15, 0.2) is 17.6 Å². The summed E-state index contributed by atoms with van der Waals surface area (Å²) < 4.78 is 7.99. The molecule has 5 nitrogen and oxygen atoms in total. The average Bonchev–Trinajstić information content (AvgIpc) is 3.03. The molecule has 0 bridgehead atoms. The van der Waals surface area contributed by atoms with Crippen molar-refractivity contribution in [2.45, 2.75) is 6.92 Å². The molecule has 3 aromatic heterocycles. The number of aromatic nitrogens is 4. The molecule has 0 amide bonds. The van der Waals surface area contributed by atoms with Crippen LogP contribution in [0.25, 0.3) is 28.0 Å². The molecule has 0 unspecified atom stereocenters. The third kappa shape index (κ3) is 1.65. The van der Waals surface area contributed by atoms with E-state index in [0.717, 1.165) is 38.3 Å². The van der Waals surface area contributed by atoms with Crippen LogP contribution in [-0.4, -0.2) is 19.6 Å². The maximum absolute atomic E-state index is 5.33. The molecule has 0 aliphatic carbocycles. The van der Waals surface area contributed by atoms with Gasteiger partial charge in [0.05, 0.1) is 11.4 Å². The summed E-state index contributed by atoms with van der Waals surface area (Å²) in [7, 11) is 0. The predicted molar refractivity (Wildman–Crippen MR) is 78.4 cm³/mol. The Morgan fingerprint density at radius 1 is 1.20 bits per heavy atom. The molecule has 0 spiro atoms. The van der Waals surface area contributed by atoms with Crippen LogP contribution in [0.1, 0.15) is 5.69 Å². The Kier molecular flexibility index (Phi) is 2.40. The van der Waals surface area contributed by atoms with Gasteiger partial charge in [0, 0.05) is 5.56 Å². The van der Waals surface area contributed by atoms with E-state index in [1.807, 2.05) is 37.3 Å². The number of hydrogen-bond donors (Lipinski definition) is 0. The zero-order valence-corrected chi connectivity index (χ0v) is 12.1. The molecule has 4 rings (SSSR count). The number of oxazole rings is 1. The van der Waals surface area contributed by atoms with Gasteiger partial charge in [-0.1, -0.05) is 6.07 Å². The lowest BCUT2D eigenvalue weighted by Crippen LogP contribution is -1.94. The van der Waals surface area contributed by atoms with E-state index in [9.17, 15) is 0 Å². The van der Waals surface area contributed by atoms with Crippen LogP contribution in [-0.2, 0) is 0 Å². The molecule has 0 atom stereocenters. The van der Waals surface area contributed by atoms with Crippen LogP contribution in [0.5, 0.6) is 0 Å². The lowest BCUT2D eigenvalue weighted by atomic mass is 10.1. The first-order valence-electron chi connectivity index (χ1n) is 6.08. The van der Waals surface area contributed by atoms with Crippen molar-refractivity contribution in [2.75, 3.05) is 0 Å². The molecule has 0 N–H and O–H groups in total. The summed E-state index contributed by atoms with van der Waals surface area (Å²) in [6.07, 6.45) is 1.45. The molecular weight excluding hydrogens is 320 g/mol. The molecule has 0 saturated heterocycles. The molecule has 0 aliphatic rings. The van der Waals surface area contributed by atoms with E-state index in [2.05, 4.69) is 31.0 Å². The highest BCUT2D eigenvalue weighted by Crippen LogP contribution is 2.24. The van der Waals surface area contributed by atoms with Crippen LogP contribution in [0.2, 0.25) is 0 Å². The number of hydrogen-bond acceptors (Lipinski definition) is 4. The highest BCUT2D eigenvalue weighted by Gasteiger charge is 2.09. The maximum atomic E-state index is 5.33. The van der Waals surface area contributed by atoms with Gasteiger partial charge in [-0.15, -0.1) is 0 Å². The van der Waals surface area contributed by atoms with Crippen molar-refractivity contribution in [1.82, 2.24) is 19.6 Å². The third-order valence-corrected chi connectivity index (χ3v) is 4.12. The molecule has 3 heterocycles. The van der Waals surface area contributed by atoms with Crippen molar-refractivity contribution in [3.05, 3.63) is 47.0 Å². The van der Waals surface area contributed by atoms with Crippen LogP contribution in [0.3, 0.4) is 0 Å². The highest BCUT2D eigenvalue weighted by atomic mass is 79.9. The molecule has 98 valence electrons. The summed E-state index contributed by atoms with van der Waals surface area (Å²) >= 11 is 3.50. The summed E-state index contributed by atoms with van der Waals surface area (Å²) in [6.45, 7) is 1.94. The summed E-state index contributed by atoms with van der Waals surface area (Å²) in [5, 5.41) is 4.60. The van der Waals surface area contributed by atoms with E-state index in [-0.39, 0.29) is 0 Å². The van der Waals surface area contributed by atoms with Gasteiger partial charge in [-0.3, -0.25) is 0 Å². The Morgan fingerprint density at radius 2 is 2.10 bits per heavy atom. The number of fused-ring (bicyclic) bond motifs is 2. The van der Waals surface area contributed by atoms with Crippen LogP contribution < -0.4 is 0 Å². The number of rotatable bonds is 1. The second-order valence-electron chi connectivity index (χ2n) is 4.51. The van der Waals surface area contributed by atoms with Gasteiger partial charge in [0.25, 0.3) is 0 Å². The minimum atomic E-state index is 0.755. The fourth-order valence-corrected chi connectivity index (χ4v) is 2.53. The van der Waals surface area contributed by atoms with E-state index in [4.69, 9.17) is 4.42 Å². The summed E-state index contributed by atoms with van der Waals surface area (Å²) in [6, 6.07) is 9.75. The Hall–Kier alpha value is -2.21. The van der Waals surface area contributed by atoms with E-state index in [0.29, 0.717) is 0 Å². The number of halogens is 1. The van der Waals surface area contributed by atoms with Crippen molar-refractivity contribution < 1.29 is 4.42 Å². The van der Waals surface area contributed by atoms with Gasteiger partial charge < -0.3 is 4.42 Å². The van der Waals surface area contributed by atoms with Gasteiger partial charge in [0.1, 0.15) is 10.1 Å². The van der Waals surface area contributed by atoms with Crippen LogP contribution in [0.4, 0.5) is 0 Å². The van der Waals surface area contributed by atoms with Gasteiger partial charge in [-0.25, -0.2) is 14.5 Å². The number of nitrogens with zero attached hydrogens (tertiary/aromatic N) is 4. The van der Waals surface area contributed by atoms with E-state index >= 15 is 0 Å². The molecule has 20 heavy (non-hydrogen) atoms. The number of aryl methyl sites for hydroxylation is 1. The molecule has 1 aromatic carbocycles. The molecular formula is C14H9BrN4O. The van der Waals surface area contributed by atoms with Gasteiger partial charge in [0.2, 0.25) is 0 Å². The second-order valence-corrected chi connectivity index (χ2v) is 5.26. The van der Waals surface area contributed by atoms with Crippen molar-refractivity contribution in [1.29, 1.82) is 0 Å². The Morgan fingerprint density at radius 3 is 3.00 bits per heavy atom. The second kappa shape index (κ2) is 4.14. The van der Waals surface area contributed by atoms with Crippen molar-refractivity contribution >= 4 is 32.7 Å². The van der Waals surface area contributed by atoms with Gasteiger partial charge >= 0.3 is 0 Å².